The van der Waals surface area contributed by atoms with Gasteiger partial charge in [0.1, 0.15) is 0 Å². The summed E-state index contributed by atoms with van der Waals surface area (Å²) in [5.74, 6) is -2.40. The second kappa shape index (κ2) is 12.8. The highest BCUT2D eigenvalue weighted by Crippen LogP contribution is 2.38. The van der Waals surface area contributed by atoms with Crippen LogP contribution in [0.2, 0.25) is 0 Å². The summed E-state index contributed by atoms with van der Waals surface area (Å²) in [4.78, 5) is 33.6. The molecule has 2 atom stereocenters. The van der Waals surface area contributed by atoms with Crippen LogP contribution in [0.4, 0.5) is 0 Å². The van der Waals surface area contributed by atoms with Gasteiger partial charge in [-0.15, -0.1) is 0 Å². The van der Waals surface area contributed by atoms with E-state index in [1.165, 1.54) is 29.5 Å². The van der Waals surface area contributed by atoms with Crippen molar-refractivity contribution in [3.8, 4) is 0 Å². The molecule has 0 aromatic heterocycles. The zero-order valence-corrected chi connectivity index (χ0v) is 20.8. The Hall–Kier alpha value is -3.71. The fourth-order valence-corrected chi connectivity index (χ4v) is 4.90. The number of nitrogens with one attached hydrogen (secondary N) is 1. The zero-order valence-electron chi connectivity index (χ0n) is 20.8. The van der Waals surface area contributed by atoms with Crippen molar-refractivity contribution < 1.29 is 24.6 Å². The molecule has 2 aromatic carbocycles. The van der Waals surface area contributed by atoms with Gasteiger partial charge in [-0.2, -0.15) is 0 Å². The second-order valence-corrected chi connectivity index (χ2v) is 8.96. The lowest BCUT2D eigenvalue weighted by Crippen LogP contribution is -2.35. The molecular weight excluding hydrogens is 456 g/mol. The summed E-state index contributed by atoms with van der Waals surface area (Å²) in [6.07, 6.45) is 5.94. The third-order valence-electron chi connectivity index (χ3n) is 6.58. The predicted octanol–water partition coefficient (Wildman–Crippen LogP) is 4.60. The molecule has 36 heavy (non-hydrogen) atoms. The topological polar surface area (TPSA) is 107 Å². The summed E-state index contributed by atoms with van der Waals surface area (Å²) in [6.45, 7) is 5.54. The largest absolute Gasteiger partial charge is 0.478 e. The normalized spacial score (nSPS) is 19.8. The number of fused-ring (bicyclic) bond motifs is 2. The van der Waals surface area contributed by atoms with E-state index in [2.05, 4.69) is 47.8 Å². The number of aliphatic carboxylic acids is 2. The quantitative estimate of drug-likeness (QED) is 0.490. The number of hydrogen-bond donors (Lipinski definition) is 3. The van der Waals surface area contributed by atoms with E-state index in [0.717, 1.165) is 31.5 Å². The number of piperidine rings is 1. The summed E-state index contributed by atoms with van der Waals surface area (Å²) in [6, 6.07) is 20.2. The average molecular weight is 491 g/mol. The zero-order chi connectivity index (χ0) is 26.1. The van der Waals surface area contributed by atoms with Crippen LogP contribution in [0, 0.1) is 0 Å². The Kier molecular flexibility index (Phi) is 9.59. The maximum atomic E-state index is 12.7. The van der Waals surface area contributed by atoms with Gasteiger partial charge in [-0.05, 0) is 68.4 Å². The molecule has 0 radical (unpaired) electrons. The van der Waals surface area contributed by atoms with Gasteiger partial charge in [-0.1, -0.05) is 48.0 Å². The fraction of sp³-hybridized carbons (Fsp3) is 0.345. The lowest BCUT2D eigenvalue weighted by atomic mass is 9.86. The lowest BCUT2D eigenvalue weighted by Gasteiger charge is -2.27. The van der Waals surface area contributed by atoms with Crippen molar-refractivity contribution in [1.29, 1.82) is 0 Å². The third-order valence-corrected chi connectivity index (χ3v) is 6.58. The minimum atomic E-state index is -1.26. The Bertz CT molecular complexity index is 1090. The molecule has 1 unspecified atom stereocenters. The van der Waals surface area contributed by atoms with Crippen molar-refractivity contribution in [3.63, 3.8) is 0 Å². The number of carboxylic acid groups (broad SMARTS) is 2. The van der Waals surface area contributed by atoms with E-state index in [-0.39, 0.29) is 5.91 Å². The van der Waals surface area contributed by atoms with Crippen LogP contribution in [0.25, 0.3) is 5.57 Å². The lowest BCUT2D eigenvalue weighted by molar-refractivity contribution is -0.134. The van der Waals surface area contributed by atoms with Gasteiger partial charge >= 0.3 is 11.9 Å². The molecule has 4 rings (SSSR count). The van der Waals surface area contributed by atoms with Gasteiger partial charge in [0.15, 0.2) is 0 Å². The summed E-state index contributed by atoms with van der Waals surface area (Å²) < 4.78 is 0. The average Bonchev–Trinajstić information content (AvgIpc) is 3.22. The maximum Gasteiger partial charge on any atom is 0.328 e. The van der Waals surface area contributed by atoms with Crippen molar-refractivity contribution in [2.24, 2.45) is 0 Å². The Balaban J connectivity index is 0.000000392. The SMILES string of the molecule is CCN(CC)C(=O)c1ccc(C(=C2CC3CC[C@@H](C2)N3)c2ccccc2)cc1.O=C(O)/C=C/C(=O)O. The molecule has 2 heterocycles. The summed E-state index contributed by atoms with van der Waals surface area (Å²) >= 11 is 0. The van der Waals surface area contributed by atoms with E-state index < -0.39 is 11.9 Å². The van der Waals surface area contributed by atoms with Crippen LogP contribution in [-0.2, 0) is 9.59 Å². The van der Waals surface area contributed by atoms with Crippen LogP contribution in [0.1, 0.15) is 61.0 Å². The van der Waals surface area contributed by atoms with Gasteiger partial charge in [0, 0.05) is 42.9 Å². The maximum absolute atomic E-state index is 12.7. The number of nitrogens with zero attached hydrogens (tertiary/aromatic N) is 1. The number of hydrogen-bond acceptors (Lipinski definition) is 4. The molecule has 0 saturated carbocycles. The van der Waals surface area contributed by atoms with Crippen LogP contribution in [0.3, 0.4) is 0 Å². The first kappa shape index (κ1) is 26.9. The standard InChI is InChI=1S/C25H30N2O.C4H4O4/c1-3-27(4-2)25(28)20-12-10-19(11-13-20)24(18-8-6-5-7-9-18)21-16-22-14-15-23(17-21)26-22;5-3(6)1-2-4(7)8/h5-13,22-23,26H,3-4,14-17H2,1-2H3;1-2H,(H,5,6)(H,7,8)/b;2-1+/t22-,23?;/m0./s1. The summed E-state index contributed by atoms with van der Waals surface area (Å²) in [5, 5.41) is 19.4. The number of amides is 1. The smallest absolute Gasteiger partial charge is 0.328 e. The molecule has 0 spiro atoms. The monoisotopic (exact) mass is 490 g/mol. The third kappa shape index (κ3) is 7.15. The minimum Gasteiger partial charge on any atom is -0.478 e. The molecule has 2 aromatic rings. The Morgan fingerprint density at radius 3 is 1.75 bits per heavy atom. The van der Waals surface area contributed by atoms with Crippen molar-refractivity contribution in [3.05, 3.63) is 89.0 Å². The highest BCUT2D eigenvalue weighted by atomic mass is 16.4. The fourth-order valence-electron chi connectivity index (χ4n) is 4.90. The first-order chi connectivity index (χ1) is 17.3. The van der Waals surface area contributed by atoms with Gasteiger partial charge in [0.25, 0.3) is 5.91 Å². The molecule has 7 nitrogen and oxygen atoms in total. The Morgan fingerprint density at radius 1 is 0.806 bits per heavy atom. The number of carbonyl (C=O) groups is 3. The Labute approximate surface area is 212 Å². The molecule has 3 N–H and O–H groups in total. The van der Waals surface area contributed by atoms with Gasteiger partial charge in [0.2, 0.25) is 0 Å². The van der Waals surface area contributed by atoms with Gasteiger partial charge in [0.05, 0.1) is 0 Å². The van der Waals surface area contributed by atoms with Crippen molar-refractivity contribution >= 4 is 23.4 Å². The molecule has 2 fully saturated rings. The Morgan fingerprint density at radius 2 is 1.28 bits per heavy atom. The van der Waals surface area contributed by atoms with E-state index in [0.29, 0.717) is 24.2 Å². The summed E-state index contributed by atoms with van der Waals surface area (Å²) in [7, 11) is 0. The molecule has 0 aliphatic carbocycles. The molecule has 7 heteroatoms. The molecular formula is C29H34N2O5. The van der Waals surface area contributed by atoms with E-state index in [4.69, 9.17) is 10.2 Å². The van der Waals surface area contributed by atoms with Crippen LogP contribution in [0.5, 0.6) is 0 Å². The predicted molar refractivity (Wildman–Crippen MR) is 140 cm³/mol. The van der Waals surface area contributed by atoms with Gasteiger partial charge in [-0.3, -0.25) is 4.79 Å². The van der Waals surface area contributed by atoms with E-state index in [1.54, 1.807) is 5.57 Å². The van der Waals surface area contributed by atoms with Crippen molar-refractivity contribution in [1.82, 2.24) is 10.2 Å². The molecule has 2 saturated heterocycles. The van der Waals surface area contributed by atoms with Crippen molar-refractivity contribution in [2.45, 2.75) is 51.6 Å². The van der Waals surface area contributed by atoms with Crippen LogP contribution < -0.4 is 5.32 Å². The molecule has 2 aliphatic rings. The van der Waals surface area contributed by atoms with Gasteiger partial charge < -0.3 is 20.4 Å². The molecule has 2 aliphatic heterocycles. The highest BCUT2D eigenvalue weighted by molar-refractivity contribution is 5.95. The molecule has 2 bridgehead atoms. The number of carbonyl (C=O) groups excluding carboxylic acids is 1. The van der Waals surface area contributed by atoms with E-state index in [1.807, 2.05) is 30.9 Å². The first-order valence-corrected chi connectivity index (χ1v) is 12.4. The second-order valence-electron chi connectivity index (χ2n) is 8.96. The van der Waals surface area contributed by atoms with Crippen LogP contribution in [0.15, 0.2) is 72.3 Å². The molecule has 1 amide bonds. The highest BCUT2D eigenvalue weighted by Gasteiger charge is 2.32. The van der Waals surface area contributed by atoms with E-state index in [9.17, 15) is 14.4 Å². The van der Waals surface area contributed by atoms with Crippen LogP contribution >= 0.6 is 0 Å². The first-order valence-electron chi connectivity index (χ1n) is 12.4. The van der Waals surface area contributed by atoms with E-state index >= 15 is 0 Å². The van der Waals surface area contributed by atoms with Crippen LogP contribution in [-0.4, -0.2) is 58.1 Å². The minimum absolute atomic E-state index is 0.116. The number of carboxylic acids is 2. The van der Waals surface area contributed by atoms with Crippen molar-refractivity contribution in [2.75, 3.05) is 13.1 Å². The number of rotatable bonds is 7. The summed E-state index contributed by atoms with van der Waals surface area (Å²) in [5.41, 5.74) is 6.19. The molecule has 190 valence electrons. The number of benzene rings is 2. The van der Waals surface area contributed by atoms with Gasteiger partial charge in [-0.25, -0.2) is 9.59 Å².